The Morgan fingerprint density at radius 1 is 1.20 bits per heavy atom. The number of para-hydroxylation sites is 1. The summed E-state index contributed by atoms with van der Waals surface area (Å²) in [4.78, 5) is 16.0. The molecule has 4 nitrogen and oxygen atoms in total. The van der Waals surface area contributed by atoms with Gasteiger partial charge in [-0.3, -0.25) is 9.78 Å². The third-order valence-electron chi connectivity index (χ3n) is 3.02. The van der Waals surface area contributed by atoms with Crippen LogP contribution in [0.25, 0.3) is 0 Å². The van der Waals surface area contributed by atoms with Crippen molar-refractivity contribution in [1.29, 1.82) is 0 Å². The minimum Gasteiger partial charge on any atom is -0.326 e. The van der Waals surface area contributed by atoms with Gasteiger partial charge in [0, 0.05) is 31.0 Å². The first-order valence-electron chi connectivity index (χ1n) is 6.71. The number of nitrogens with zero attached hydrogens (tertiary/aromatic N) is 1. The fourth-order valence-electron chi connectivity index (χ4n) is 2.00. The average Bonchev–Trinajstić information content (AvgIpc) is 2.49. The molecule has 0 radical (unpaired) electrons. The molecular weight excluding hydrogens is 250 g/mol. The monoisotopic (exact) mass is 269 g/mol. The first-order chi connectivity index (χ1) is 9.79. The molecule has 1 heterocycles. The molecule has 0 aliphatic carbocycles. The highest BCUT2D eigenvalue weighted by Gasteiger charge is 2.06. The molecule has 0 atom stereocenters. The molecule has 0 saturated heterocycles. The van der Waals surface area contributed by atoms with Gasteiger partial charge in [-0.15, -0.1) is 0 Å². The summed E-state index contributed by atoms with van der Waals surface area (Å²) in [5.74, 6) is 0.0254. The van der Waals surface area contributed by atoms with Crippen LogP contribution in [0.2, 0.25) is 0 Å². The van der Waals surface area contributed by atoms with Crippen LogP contribution in [0.3, 0.4) is 0 Å². The van der Waals surface area contributed by atoms with E-state index in [0.29, 0.717) is 12.8 Å². The van der Waals surface area contributed by atoms with Crippen molar-refractivity contribution in [3.05, 3.63) is 59.9 Å². The highest BCUT2D eigenvalue weighted by atomic mass is 16.1. The molecule has 104 valence electrons. The SMILES string of the molecule is CNCc1ccccc1NC(=O)CCc1cccnc1. The van der Waals surface area contributed by atoms with Gasteiger partial charge in [0.15, 0.2) is 0 Å². The van der Waals surface area contributed by atoms with Crippen molar-refractivity contribution in [2.75, 3.05) is 12.4 Å². The summed E-state index contributed by atoms with van der Waals surface area (Å²) in [6.45, 7) is 0.735. The molecule has 0 fully saturated rings. The lowest BCUT2D eigenvalue weighted by Crippen LogP contribution is -2.15. The number of hydrogen-bond acceptors (Lipinski definition) is 3. The molecule has 0 aliphatic heterocycles. The molecule has 0 bridgehead atoms. The van der Waals surface area contributed by atoms with Gasteiger partial charge in [0.25, 0.3) is 0 Å². The maximum Gasteiger partial charge on any atom is 0.224 e. The summed E-state index contributed by atoms with van der Waals surface area (Å²) in [7, 11) is 1.89. The molecule has 1 aromatic carbocycles. The molecule has 4 heteroatoms. The highest BCUT2D eigenvalue weighted by molar-refractivity contribution is 5.91. The van der Waals surface area contributed by atoms with Crippen molar-refractivity contribution < 1.29 is 4.79 Å². The van der Waals surface area contributed by atoms with E-state index in [1.165, 1.54) is 0 Å². The lowest BCUT2D eigenvalue weighted by molar-refractivity contribution is -0.116. The maximum atomic E-state index is 12.0. The Hall–Kier alpha value is -2.20. The molecule has 2 aromatic rings. The predicted molar refractivity (Wildman–Crippen MR) is 80.4 cm³/mol. The number of aryl methyl sites for hydroxylation is 1. The number of pyridine rings is 1. The van der Waals surface area contributed by atoms with Gasteiger partial charge >= 0.3 is 0 Å². The molecule has 0 unspecified atom stereocenters. The minimum absolute atomic E-state index is 0.0254. The summed E-state index contributed by atoms with van der Waals surface area (Å²) in [6.07, 6.45) is 4.69. The van der Waals surface area contributed by atoms with E-state index in [1.54, 1.807) is 12.4 Å². The molecule has 2 N–H and O–H groups in total. The molecule has 0 aliphatic rings. The van der Waals surface area contributed by atoms with Crippen LogP contribution in [-0.4, -0.2) is 17.9 Å². The lowest BCUT2D eigenvalue weighted by Gasteiger charge is -2.10. The largest absolute Gasteiger partial charge is 0.326 e. The number of amides is 1. The number of aromatic nitrogens is 1. The van der Waals surface area contributed by atoms with Crippen LogP contribution in [0.1, 0.15) is 17.5 Å². The second-order valence-corrected chi connectivity index (χ2v) is 4.60. The van der Waals surface area contributed by atoms with Crippen molar-refractivity contribution >= 4 is 11.6 Å². The molecule has 20 heavy (non-hydrogen) atoms. The summed E-state index contributed by atoms with van der Waals surface area (Å²) < 4.78 is 0. The highest BCUT2D eigenvalue weighted by Crippen LogP contribution is 2.15. The predicted octanol–water partition coefficient (Wildman–Crippen LogP) is 2.37. The van der Waals surface area contributed by atoms with Crippen LogP contribution in [-0.2, 0) is 17.8 Å². The number of carbonyl (C=O) groups is 1. The van der Waals surface area contributed by atoms with Gasteiger partial charge < -0.3 is 10.6 Å². The molecule has 0 spiro atoms. The van der Waals surface area contributed by atoms with Crippen molar-refractivity contribution in [3.8, 4) is 0 Å². The number of hydrogen-bond donors (Lipinski definition) is 2. The van der Waals surface area contributed by atoms with E-state index in [-0.39, 0.29) is 5.91 Å². The Kier molecular flexibility index (Phi) is 5.26. The Balaban J connectivity index is 1.91. The van der Waals surface area contributed by atoms with Gasteiger partial charge in [-0.05, 0) is 36.7 Å². The topological polar surface area (TPSA) is 54.0 Å². The van der Waals surface area contributed by atoms with Gasteiger partial charge in [-0.25, -0.2) is 0 Å². The first kappa shape index (κ1) is 14.2. The number of rotatable bonds is 6. The zero-order valence-corrected chi connectivity index (χ0v) is 11.6. The Bertz CT molecular complexity index is 555. The fourth-order valence-corrected chi connectivity index (χ4v) is 2.00. The lowest BCUT2D eigenvalue weighted by atomic mass is 10.1. The second-order valence-electron chi connectivity index (χ2n) is 4.60. The number of anilines is 1. The second kappa shape index (κ2) is 7.40. The van der Waals surface area contributed by atoms with Gasteiger partial charge in [0.2, 0.25) is 5.91 Å². The maximum absolute atomic E-state index is 12.0. The Morgan fingerprint density at radius 2 is 2.05 bits per heavy atom. The third-order valence-corrected chi connectivity index (χ3v) is 3.02. The molecule has 1 amide bonds. The average molecular weight is 269 g/mol. The smallest absolute Gasteiger partial charge is 0.224 e. The zero-order valence-electron chi connectivity index (χ0n) is 11.6. The summed E-state index contributed by atoms with van der Waals surface area (Å²) >= 11 is 0. The van der Waals surface area contributed by atoms with E-state index < -0.39 is 0 Å². The molecular formula is C16H19N3O. The molecule has 0 saturated carbocycles. The minimum atomic E-state index is 0.0254. The Morgan fingerprint density at radius 3 is 2.80 bits per heavy atom. The van der Waals surface area contributed by atoms with Crippen molar-refractivity contribution in [1.82, 2.24) is 10.3 Å². The zero-order chi connectivity index (χ0) is 14.2. The number of carbonyl (C=O) groups excluding carboxylic acids is 1. The van der Waals surface area contributed by atoms with Crippen LogP contribution in [0.4, 0.5) is 5.69 Å². The van der Waals surface area contributed by atoms with E-state index in [4.69, 9.17) is 0 Å². The van der Waals surface area contributed by atoms with Crippen LogP contribution < -0.4 is 10.6 Å². The molecule has 2 rings (SSSR count). The summed E-state index contributed by atoms with van der Waals surface area (Å²) in [5.41, 5.74) is 3.04. The van der Waals surface area contributed by atoms with Crippen molar-refractivity contribution in [2.24, 2.45) is 0 Å². The van der Waals surface area contributed by atoms with Gasteiger partial charge in [-0.1, -0.05) is 24.3 Å². The van der Waals surface area contributed by atoms with E-state index >= 15 is 0 Å². The van der Waals surface area contributed by atoms with E-state index in [1.807, 2.05) is 43.4 Å². The van der Waals surface area contributed by atoms with Gasteiger partial charge in [-0.2, -0.15) is 0 Å². The number of benzene rings is 1. The van der Waals surface area contributed by atoms with Gasteiger partial charge in [0.05, 0.1) is 0 Å². The third kappa shape index (κ3) is 4.17. The van der Waals surface area contributed by atoms with E-state index in [2.05, 4.69) is 15.6 Å². The Labute approximate surface area is 119 Å². The van der Waals surface area contributed by atoms with Gasteiger partial charge in [0.1, 0.15) is 0 Å². The summed E-state index contributed by atoms with van der Waals surface area (Å²) in [6, 6.07) is 11.7. The van der Waals surface area contributed by atoms with Crippen LogP contribution in [0.5, 0.6) is 0 Å². The van der Waals surface area contributed by atoms with Crippen molar-refractivity contribution in [2.45, 2.75) is 19.4 Å². The van der Waals surface area contributed by atoms with Crippen LogP contribution >= 0.6 is 0 Å². The van der Waals surface area contributed by atoms with E-state index in [0.717, 1.165) is 23.4 Å². The number of nitrogens with one attached hydrogen (secondary N) is 2. The molecule has 1 aromatic heterocycles. The first-order valence-corrected chi connectivity index (χ1v) is 6.71. The summed E-state index contributed by atoms with van der Waals surface area (Å²) in [5, 5.41) is 6.06. The van der Waals surface area contributed by atoms with E-state index in [9.17, 15) is 4.79 Å². The van der Waals surface area contributed by atoms with Crippen LogP contribution in [0.15, 0.2) is 48.8 Å². The van der Waals surface area contributed by atoms with Crippen LogP contribution in [0, 0.1) is 0 Å². The van der Waals surface area contributed by atoms with Crippen molar-refractivity contribution in [3.63, 3.8) is 0 Å². The fraction of sp³-hybridized carbons (Fsp3) is 0.250. The normalized spacial score (nSPS) is 10.2. The quantitative estimate of drug-likeness (QED) is 0.846. The standard InChI is InChI=1S/C16H19N3O/c1-17-12-14-6-2-3-7-15(14)19-16(20)9-8-13-5-4-10-18-11-13/h2-7,10-11,17H,8-9,12H2,1H3,(H,19,20).